The van der Waals surface area contributed by atoms with Gasteiger partial charge in [-0.1, -0.05) is 27.7 Å². The highest BCUT2D eigenvalue weighted by Crippen LogP contribution is 2.47. The van der Waals surface area contributed by atoms with Gasteiger partial charge in [0.15, 0.2) is 0 Å². The van der Waals surface area contributed by atoms with E-state index in [4.69, 9.17) is 0 Å². The summed E-state index contributed by atoms with van der Waals surface area (Å²) in [5.74, 6) is 0. The predicted octanol–water partition coefficient (Wildman–Crippen LogP) is 4.05. The van der Waals surface area contributed by atoms with Gasteiger partial charge in [0, 0.05) is 18.1 Å². The van der Waals surface area contributed by atoms with E-state index >= 15 is 0 Å². The maximum absolute atomic E-state index is 3.71. The quantitative estimate of drug-likeness (QED) is 0.779. The molecule has 2 rings (SSSR count). The minimum Gasteiger partial charge on any atom is -0.312 e. The monoisotopic (exact) mass is 280 g/mol. The minimum atomic E-state index is 0.504. The summed E-state index contributed by atoms with van der Waals surface area (Å²) >= 11 is 0. The van der Waals surface area contributed by atoms with Gasteiger partial charge in [-0.3, -0.25) is 0 Å². The van der Waals surface area contributed by atoms with E-state index in [-0.39, 0.29) is 0 Å². The smallest absolute Gasteiger partial charge is 0.0105 e. The molecular formula is C18H36N2. The molecule has 0 spiro atoms. The third-order valence-corrected chi connectivity index (χ3v) is 5.32. The third kappa shape index (κ3) is 4.46. The Balaban J connectivity index is 2.04. The first-order valence-corrected chi connectivity index (χ1v) is 8.67. The zero-order chi connectivity index (χ0) is 15.0. The van der Waals surface area contributed by atoms with Crippen molar-refractivity contribution >= 4 is 0 Å². The molecule has 0 aromatic carbocycles. The van der Waals surface area contributed by atoms with Crippen LogP contribution >= 0.6 is 0 Å². The summed E-state index contributed by atoms with van der Waals surface area (Å²) in [5.41, 5.74) is 1.01. The molecule has 0 aromatic rings. The highest BCUT2D eigenvalue weighted by molar-refractivity contribution is 4.94. The van der Waals surface area contributed by atoms with Crippen molar-refractivity contribution in [3.05, 3.63) is 0 Å². The van der Waals surface area contributed by atoms with E-state index < -0.39 is 0 Å². The molecule has 0 bridgehead atoms. The first-order chi connectivity index (χ1) is 9.17. The molecule has 0 amide bonds. The topological polar surface area (TPSA) is 15.3 Å². The highest BCUT2D eigenvalue weighted by atomic mass is 15.2. The summed E-state index contributed by atoms with van der Waals surface area (Å²) in [5, 5.41) is 3.71. The van der Waals surface area contributed by atoms with E-state index in [1.54, 1.807) is 0 Å². The molecule has 2 aliphatic rings. The fourth-order valence-electron chi connectivity index (χ4n) is 4.89. The van der Waals surface area contributed by atoms with Crippen LogP contribution < -0.4 is 5.32 Å². The van der Waals surface area contributed by atoms with Crippen LogP contribution in [0.1, 0.15) is 73.6 Å². The number of hydrogen-bond donors (Lipinski definition) is 1. The van der Waals surface area contributed by atoms with Gasteiger partial charge in [0.05, 0.1) is 0 Å². The third-order valence-electron chi connectivity index (χ3n) is 5.32. The van der Waals surface area contributed by atoms with Gasteiger partial charge in [0.25, 0.3) is 0 Å². The van der Waals surface area contributed by atoms with Gasteiger partial charge < -0.3 is 10.2 Å². The van der Waals surface area contributed by atoms with Crippen molar-refractivity contribution in [3.8, 4) is 0 Å². The number of nitrogens with one attached hydrogen (secondary N) is 1. The molecule has 0 radical (unpaired) electrons. The van der Waals surface area contributed by atoms with Gasteiger partial charge in [0.1, 0.15) is 0 Å². The molecule has 2 unspecified atom stereocenters. The maximum Gasteiger partial charge on any atom is 0.0105 e. The Bertz CT molecular complexity index is 293. The standard InChI is InChI=1S/C18H36N2/c1-14-7-9-20(10-8-15(2)19-14)16-11-17(3,4)13-18(5,6)12-16/h14-16,19H,7-13H2,1-6H3. The molecule has 0 aromatic heterocycles. The Kier molecular flexibility index (Phi) is 4.86. The zero-order valence-electron chi connectivity index (χ0n) is 14.6. The Morgan fingerprint density at radius 1 is 0.850 bits per heavy atom. The second-order valence-corrected chi connectivity index (χ2v) is 9.15. The van der Waals surface area contributed by atoms with Crippen LogP contribution in [0.2, 0.25) is 0 Å². The molecule has 1 heterocycles. The van der Waals surface area contributed by atoms with Crippen LogP contribution in [-0.4, -0.2) is 36.1 Å². The van der Waals surface area contributed by atoms with Crippen LogP contribution in [0.3, 0.4) is 0 Å². The molecular weight excluding hydrogens is 244 g/mol. The van der Waals surface area contributed by atoms with Gasteiger partial charge in [-0.2, -0.15) is 0 Å². The summed E-state index contributed by atoms with van der Waals surface area (Å²) < 4.78 is 0. The molecule has 2 nitrogen and oxygen atoms in total. The summed E-state index contributed by atoms with van der Waals surface area (Å²) in [7, 11) is 0. The van der Waals surface area contributed by atoms with Gasteiger partial charge >= 0.3 is 0 Å². The van der Waals surface area contributed by atoms with Crippen LogP contribution in [0.5, 0.6) is 0 Å². The van der Waals surface area contributed by atoms with Crippen molar-refractivity contribution < 1.29 is 0 Å². The van der Waals surface area contributed by atoms with Crippen LogP contribution in [0.25, 0.3) is 0 Å². The van der Waals surface area contributed by atoms with Crippen molar-refractivity contribution in [1.82, 2.24) is 10.2 Å². The van der Waals surface area contributed by atoms with E-state index in [0.717, 1.165) is 6.04 Å². The summed E-state index contributed by atoms with van der Waals surface area (Å²) in [4.78, 5) is 2.82. The van der Waals surface area contributed by atoms with Gasteiger partial charge in [-0.15, -0.1) is 0 Å². The van der Waals surface area contributed by atoms with E-state index in [0.29, 0.717) is 22.9 Å². The van der Waals surface area contributed by atoms with Crippen molar-refractivity contribution in [1.29, 1.82) is 0 Å². The first kappa shape index (κ1) is 16.3. The van der Waals surface area contributed by atoms with E-state index in [1.807, 2.05) is 0 Å². The van der Waals surface area contributed by atoms with Crippen LogP contribution in [-0.2, 0) is 0 Å². The molecule has 1 saturated heterocycles. The first-order valence-electron chi connectivity index (χ1n) is 8.67. The number of rotatable bonds is 1. The average molecular weight is 280 g/mol. The summed E-state index contributed by atoms with van der Waals surface area (Å²) in [6, 6.07) is 2.13. The Morgan fingerprint density at radius 3 is 1.75 bits per heavy atom. The summed E-state index contributed by atoms with van der Waals surface area (Å²) in [6.07, 6.45) is 6.72. The predicted molar refractivity (Wildman–Crippen MR) is 88.1 cm³/mol. The van der Waals surface area contributed by atoms with Crippen molar-refractivity contribution in [2.45, 2.75) is 91.8 Å². The van der Waals surface area contributed by atoms with Gasteiger partial charge in [-0.25, -0.2) is 0 Å². The Morgan fingerprint density at radius 2 is 1.30 bits per heavy atom. The van der Waals surface area contributed by atoms with E-state index in [2.05, 4.69) is 51.8 Å². The SMILES string of the molecule is CC1CCN(C2CC(C)(C)CC(C)(C)C2)CCC(C)N1. The molecule has 1 saturated carbocycles. The lowest BCUT2D eigenvalue weighted by molar-refractivity contribution is 0.0186. The lowest BCUT2D eigenvalue weighted by Crippen LogP contribution is -2.50. The van der Waals surface area contributed by atoms with Crippen molar-refractivity contribution in [2.75, 3.05) is 13.1 Å². The second-order valence-electron chi connectivity index (χ2n) is 9.15. The molecule has 2 heteroatoms. The molecule has 1 aliphatic heterocycles. The molecule has 1 N–H and O–H groups in total. The van der Waals surface area contributed by atoms with Crippen molar-refractivity contribution in [2.24, 2.45) is 10.8 Å². The van der Waals surface area contributed by atoms with Gasteiger partial charge in [0.2, 0.25) is 0 Å². The van der Waals surface area contributed by atoms with Crippen LogP contribution in [0.4, 0.5) is 0 Å². The fraction of sp³-hybridized carbons (Fsp3) is 1.00. The van der Waals surface area contributed by atoms with Crippen LogP contribution in [0.15, 0.2) is 0 Å². The lowest BCUT2D eigenvalue weighted by Gasteiger charge is -2.49. The van der Waals surface area contributed by atoms with Gasteiger partial charge in [-0.05, 0) is 69.9 Å². The Hall–Kier alpha value is -0.0800. The lowest BCUT2D eigenvalue weighted by atomic mass is 9.63. The molecule has 2 fully saturated rings. The largest absolute Gasteiger partial charge is 0.312 e. The maximum atomic E-state index is 3.71. The number of nitrogens with zero attached hydrogens (tertiary/aromatic N) is 1. The summed E-state index contributed by atoms with van der Waals surface area (Å²) in [6.45, 7) is 17.1. The normalized spacial score (nSPS) is 36.3. The van der Waals surface area contributed by atoms with Crippen molar-refractivity contribution in [3.63, 3.8) is 0 Å². The Labute approximate surface area is 126 Å². The average Bonchev–Trinajstić information content (AvgIpc) is 2.21. The molecule has 118 valence electrons. The van der Waals surface area contributed by atoms with E-state index in [1.165, 1.54) is 45.2 Å². The second kappa shape index (κ2) is 5.96. The molecule has 2 atom stereocenters. The van der Waals surface area contributed by atoms with Crippen LogP contribution in [0, 0.1) is 10.8 Å². The minimum absolute atomic E-state index is 0.504. The van der Waals surface area contributed by atoms with E-state index in [9.17, 15) is 0 Å². The zero-order valence-corrected chi connectivity index (χ0v) is 14.6. The number of hydrogen-bond acceptors (Lipinski definition) is 2. The molecule has 1 aliphatic carbocycles. The molecule has 20 heavy (non-hydrogen) atoms. The highest BCUT2D eigenvalue weighted by Gasteiger charge is 2.40. The fourth-order valence-corrected chi connectivity index (χ4v) is 4.89.